The lowest BCUT2D eigenvalue weighted by molar-refractivity contribution is 0.0950. The van der Waals surface area contributed by atoms with Crippen molar-refractivity contribution in [1.82, 2.24) is 19.6 Å². The highest BCUT2D eigenvalue weighted by molar-refractivity contribution is 7.89. The summed E-state index contributed by atoms with van der Waals surface area (Å²) in [5.74, 6) is -0.0211. The van der Waals surface area contributed by atoms with E-state index in [2.05, 4.69) is 15.3 Å². The van der Waals surface area contributed by atoms with Gasteiger partial charge in [-0.05, 0) is 29.8 Å². The molecular formula is C20H19ClN4O3S. The molecule has 0 unspecified atom stereocenters. The zero-order chi connectivity index (χ0) is 20.9. The van der Waals surface area contributed by atoms with Gasteiger partial charge in [-0.15, -0.1) is 0 Å². The molecule has 0 bridgehead atoms. The number of rotatable bonds is 7. The van der Waals surface area contributed by atoms with E-state index in [0.717, 1.165) is 9.87 Å². The summed E-state index contributed by atoms with van der Waals surface area (Å²) >= 11 is 5.81. The van der Waals surface area contributed by atoms with E-state index in [0.29, 0.717) is 17.1 Å². The number of amides is 1. The average molecular weight is 431 g/mol. The first kappa shape index (κ1) is 20.9. The van der Waals surface area contributed by atoms with Crippen molar-refractivity contribution in [2.24, 2.45) is 0 Å². The molecule has 3 rings (SSSR count). The maximum Gasteiger partial charge on any atom is 0.254 e. The number of aromatic nitrogens is 2. The second-order valence-corrected chi connectivity index (χ2v) is 8.75. The van der Waals surface area contributed by atoms with Crippen LogP contribution in [0.2, 0.25) is 5.02 Å². The van der Waals surface area contributed by atoms with Crippen LogP contribution < -0.4 is 5.32 Å². The van der Waals surface area contributed by atoms with E-state index in [4.69, 9.17) is 11.6 Å². The zero-order valence-electron chi connectivity index (χ0n) is 15.6. The van der Waals surface area contributed by atoms with Gasteiger partial charge in [0, 0.05) is 31.0 Å². The number of carbonyl (C=O) groups excluding carboxylic acids is 1. The van der Waals surface area contributed by atoms with Crippen molar-refractivity contribution in [3.63, 3.8) is 0 Å². The Hall–Kier alpha value is -2.81. The molecule has 0 saturated carbocycles. The Labute approximate surface area is 174 Å². The van der Waals surface area contributed by atoms with Gasteiger partial charge >= 0.3 is 0 Å². The minimum Gasteiger partial charge on any atom is -0.348 e. The van der Waals surface area contributed by atoms with E-state index in [-0.39, 0.29) is 23.2 Å². The molecule has 7 nitrogen and oxygen atoms in total. The second kappa shape index (κ2) is 9.13. The first-order valence-electron chi connectivity index (χ1n) is 8.71. The van der Waals surface area contributed by atoms with Crippen molar-refractivity contribution in [2.75, 3.05) is 7.05 Å². The van der Waals surface area contributed by atoms with Crippen molar-refractivity contribution in [3.8, 4) is 0 Å². The highest BCUT2D eigenvalue weighted by Crippen LogP contribution is 2.18. The predicted molar refractivity (Wildman–Crippen MR) is 110 cm³/mol. The van der Waals surface area contributed by atoms with E-state index in [1.807, 2.05) is 30.3 Å². The molecule has 0 spiro atoms. The fourth-order valence-electron chi connectivity index (χ4n) is 2.50. The van der Waals surface area contributed by atoms with Gasteiger partial charge in [-0.2, -0.15) is 4.31 Å². The van der Waals surface area contributed by atoms with Crippen LogP contribution in [0, 0.1) is 0 Å². The number of benzene rings is 2. The molecular weight excluding hydrogens is 412 g/mol. The fraction of sp³-hybridized carbons (Fsp3) is 0.150. The molecule has 0 saturated heterocycles. The Morgan fingerprint density at radius 1 is 1.03 bits per heavy atom. The quantitative estimate of drug-likeness (QED) is 0.622. The molecule has 9 heteroatoms. The molecule has 1 amide bonds. The smallest absolute Gasteiger partial charge is 0.254 e. The number of carbonyl (C=O) groups is 1. The largest absolute Gasteiger partial charge is 0.348 e. The number of nitrogens with zero attached hydrogens (tertiary/aromatic N) is 3. The van der Waals surface area contributed by atoms with E-state index in [1.165, 1.54) is 43.7 Å². The summed E-state index contributed by atoms with van der Waals surface area (Å²) in [6.45, 7) is 0.361. The molecule has 0 radical (unpaired) electrons. The van der Waals surface area contributed by atoms with E-state index in [1.54, 1.807) is 0 Å². The number of nitrogens with one attached hydrogen (secondary N) is 1. The topological polar surface area (TPSA) is 92.3 Å². The normalized spacial score (nSPS) is 11.4. The summed E-state index contributed by atoms with van der Waals surface area (Å²) in [5, 5.41) is 3.24. The number of halogens is 1. The predicted octanol–water partition coefficient (Wildman–Crippen LogP) is 2.88. The summed E-state index contributed by atoms with van der Waals surface area (Å²) in [7, 11) is -2.27. The third-order valence-corrected chi connectivity index (χ3v) is 6.22. The zero-order valence-corrected chi connectivity index (χ0v) is 17.2. The Morgan fingerprint density at radius 2 is 1.66 bits per heavy atom. The van der Waals surface area contributed by atoms with Crippen LogP contribution in [0.15, 0.2) is 71.9 Å². The molecule has 0 aliphatic heterocycles. The van der Waals surface area contributed by atoms with Crippen molar-refractivity contribution in [2.45, 2.75) is 18.0 Å². The van der Waals surface area contributed by atoms with Gasteiger partial charge in [0.15, 0.2) is 0 Å². The average Bonchev–Trinajstić information content (AvgIpc) is 2.73. The van der Waals surface area contributed by atoms with Crippen LogP contribution in [0.25, 0.3) is 0 Å². The van der Waals surface area contributed by atoms with Gasteiger partial charge in [0.1, 0.15) is 5.82 Å². The van der Waals surface area contributed by atoms with Gasteiger partial charge in [0.25, 0.3) is 5.91 Å². The van der Waals surface area contributed by atoms with Crippen LogP contribution >= 0.6 is 11.6 Å². The highest BCUT2D eigenvalue weighted by Gasteiger charge is 2.21. The van der Waals surface area contributed by atoms with Gasteiger partial charge < -0.3 is 5.32 Å². The molecule has 0 aliphatic carbocycles. The number of hydrogen-bond acceptors (Lipinski definition) is 5. The van der Waals surface area contributed by atoms with E-state index in [9.17, 15) is 13.2 Å². The summed E-state index contributed by atoms with van der Waals surface area (Å²) in [4.78, 5) is 20.6. The maximum absolute atomic E-state index is 12.6. The molecule has 150 valence electrons. The lowest BCUT2D eigenvalue weighted by atomic mass is 10.2. The van der Waals surface area contributed by atoms with Crippen LogP contribution in [0.5, 0.6) is 0 Å². The third-order valence-electron chi connectivity index (χ3n) is 4.15. The number of sulfonamides is 1. The standard InChI is InChI=1S/C20H19ClN4O3S/c1-25(29(27,28)18-9-7-17(21)8-10-18)14-19-22-12-16(13-23-19)20(26)24-11-15-5-3-2-4-6-15/h2-10,12-13H,11,14H2,1H3,(H,24,26). The van der Waals surface area contributed by atoms with Crippen molar-refractivity contribution in [1.29, 1.82) is 0 Å². The van der Waals surface area contributed by atoms with Crippen molar-refractivity contribution >= 4 is 27.5 Å². The molecule has 0 aliphatic rings. The van der Waals surface area contributed by atoms with Gasteiger partial charge in [-0.1, -0.05) is 41.9 Å². The van der Waals surface area contributed by atoms with Gasteiger partial charge in [0.05, 0.1) is 17.0 Å². The first-order valence-corrected chi connectivity index (χ1v) is 10.5. The molecule has 2 aromatic carbocycles. The Balaban J connectivity index is 1.62. The molecule has 0 fully saturated rings. The lowest BCUT2D eigenvalue weighted by Crippen LogP contribution is -2.28. The molecule has 3 aromatic rings. The fourth-order valence-corrected chi connectivity index (χ4v) is 3.76. The minimum absolute atomic E-state index is 0.0309. The Morgan fingerprint density at radius 3 is 2.28 bits per heavy atom. The van der Waals surface area contributed by atoms with Gasteiger partial charge in [-0.25, -0.2) is 18.4 Å². The summed E-state index contributed by atoms with van der Waals surface area (Å²) in [6, 6.07) is 15.4. The first-order chi connectivity index (χ1) is 13.9. The van der Waals surface area contributed by atoms with Crippen molar-refractivity contribution in [3.05, 3.63) is 89.0 Å². The lowest BCUT2D eigenvalue weighted by Gasteiger charge is -2.16. The Bertz CT molecular complexity index is 1070. The van der Waals surface area contributed by atoms with Crippen LogP contribution in [-0.2, 0) is 23.1 Å². The number of hydrogen-bond donors (Lipinski definition) is 1. The van der Waals surface area contributed by atoms with Crippen molar-refractivity contribution < 1.29 is 13.2 Å². The molecule has 29 heavy (non-hydrogen) atoms. The van der Waals surface area contributed by atoms with E-state index < -0.39 is 10.0 Å². The summed E-state index contributed by atoms with van der Waals surface area (Å²) in [5.41, 5.74) is 1.28. The molecule has 0 atom stereocenters. The second-order valence-electron chi connectivity index (χ2n) is 6.27. The van der Waals surface area contributed by atoms with Crippen LogP contribution in [-0.4, -0.2) is 35.6 Å². The molecule has 1 aromatic heterocycles. The minimum atomic E-state index is -3.70. The monoisotopic (exact) mass is 430 g/mol. The summed E-state index contributed by atoms with van der Waals surface area (Å²) < 4.78 is 26.4. The van der Waals surface area contributed by atoms with Gasteiger partial charge in [-0.3, -0.25) is 4.79 Å². The molecule has 1 N–H and O–H groups in total. The van der Waals surface area contributed by atoms with Crippen LogP contribution in [0.3, 0.4) is 0 Å². The Kier molecular flexibility index (Phi) is 6.58. The summed E-state index contributed by atoms with van der Waals surface area (Å²) in [6.07, 6.45) is 2.76. The van der Waals surface area contributed by atoms with Crippen LogP contribution in [0.1, 0.15) is 21.7 Å². The highest BCUT2D eigenvalue weighted by atomic mass is 35.5. The van der Waals surface area contributed by atoms with Gasteiger partial charge in [0.2, 0.25) is 10.0 Å². The van der Waals surface area contributed by atoms with E-state index >= 15 is 0 Å². The SMILES string of the molecule is CN(Cc1ncc(C(=O)NCc2ccccc2)cn1)S(=O)(=O)c1ccc(Cl)cc1. The molecule has 1 heterocycles. The van der Waals surface area contributed by atoms with Crippen LogP contribution in [0.4, 0.5) is 0 Å². The third kappa shape index (κ3) is 5.38. The maximum atomic E-state index is 12.6.